The van der Waals surface area contributed by atoms with Crippen molar-refractivity contribution in [2.24, 2.45) is 12.8 Å². The Kier molecular flexibility index (Phi) is 5.54. The molecule has 0 radical (unpaired) electrons. The number of nitrogens with zero attached hydrogens (tertiary/aromatic N) is 3. The molecule has 0 fully saturated rings. The van der Waals surface area contributed by atoms with Crippen molar-refractivity contribution in [2.45, 2.75) is 13.1 Å². The summed E-state index contributed by atoms with van der Waals surface area (Å²) in [5.74, 6) is -0.505. The number of pyridine rings is 1. The number of aromatic nitrogens is 3. The first-order chi connectivity index (χ1) is 14.1. The first-order valence-corrected chi connectivity index (χ1v) is 8.68. The molecule has 11 heteroatoms. The number of anilines is 4. The minimum Gasteiger partial charge on any atom is -0.495 e. The van der Waals surface area contributed by atoms with Crippen molar-refractivity contribution in [1.29, 1.82) is 0 Å². The van der Waals surface area contributed by atoms with Gasteiger partial charge in [0.15, 0.2) is 0 Å². The van der Waals surface area contributed by atoms with Gasteiger partial charge in [-0.1, -0.05) is 6.07 Å². The molecule has 1 amide bonds. The van der Waals surface area contributed by atoms with Crippen LogP contribution in [-0.2, 0) is 13.2 Å². The molecule has 8 nitrogen and oxygen atoms in total. The minimum absolute atomic E-state index is 0.0168. The van der Waals surface area contributed by atoms with Gasteiger partial charge in [-0.05, 0) is 19.1 Å². The third-order valence-corrected chi connectivity index (χ3v) is 4.26. The molecule has 0 aliphatic carbocycles. The van der Waals surface area contributed by atoms with Gasteiger partial charge in [-0.2, -0.15) is 18.3 Å². The normalized spacial score (nSPS) is 11.3. The molecule has 0 aliphatic rings. The summed E-state index contributed by atoms with van der Waals surface area (Å²) in [6.07, 6.45) is -2.31. The topological polar surface area (TPSA) is 107 Å². The number of nitrogens with one attached hydrogen (secondary N) is 2. The maximum absolute atomic E-state index is 13.6. The Balaban J connectivity index is 2.09. The molecule has 0 aliphatic heterocycles. The van der Waals surface area contributed by atoms with Crippen molar-refractivity contribution >= 4 is 28.8 Å². The molecule has 0 saturated carbocycles. The smallest absolute Gasteiger partial charge is 0.419 e. The number of hydrogen-bond donors (Lipinski definition) is 3. The second-order valence-corrected chi connectivity index (χ2v) is 6.41. The number of para-hydroxylation sites is 1. The summed E-state index contributed by atoms with van der Waals surface area (Å²) in [6.45, 7) is 1.75. The summed E-state index contributed by atoms with van der Waals surface area (Å²) in [4.78, 5) is 15.6. The number of ether oxygens (including phenoxy) is 1. The third kappa shape index (κ3) is 4.29. The van der Waals surface area contributed by atoms with Gasteiger partial charge in [-0.3, -0.25) is 9.48 Å². The largest absolute Gasteiger partial charge is 0.495 e. The van der Waals surface area contributed by atoms with Gasteiger partial charge in [0, 0.05) is 25.5 Å². The van der Waals surface area contributed by atoms with Crippen LogP contribution >= 0.6 is 0 Å². The van der Waals surface area contributed by atoms with Crippen molar-refractivity contribution in [3.63, 3.8) is 0 Å². The molecule has 4 N–H and O–H groups in total. The molecule has 0 spiro atoms. The van der Waals surface area contributed by atoms with Crippen molar-refractivity contribution in [3.8, 4) is 5.75 Å². The lowest BCUT2D eigenvalue weighted by Gasteiger charge is -2.19. The van der Waals surface area contributed by atoms with Crippen molar-refractivity contribution < 1.29 is 22.7 Å². The predicted octanol–water partition coefficient (Wildman–Crippen LogP) is 3.74. The van der Waals surface area contributed by atoms with Crippen LogP contribution in [0.3, 0.4) is 0 Å². The first-order valence-electron chi connectivity index (χ1n) is 8.68. The predicted molar refractivity (Wildman–Crippen MR) is 105 cm³/mol. The van der Waals surface area contributed by atoms with E-state index in [2.05, 4.69) is 20.7 Å². The molecule has 0 saturated heterocycles. The molecule has 2 heterocycles. The number of methoxy groups -OCH3 is 1. The van der Waals surface area contributed by atoms with Crippen molar-refractivity contribution in [3.05, 3.63) is 53.5 Å². The number of carbonyl (C=O) groups is 1. The average Bonchev–Trinajstić information content (AvgIpc) is 2.97. The number of halogens is 3. The summed E-state index contributed by atoms with van der Waals surface area (Å²) in [5.41, 5.74) is 5.27. The highest BCUT2D eigenvalue weighted by atomic mass is 19.4. The maximum atomic E-state index is 13.6. The van der Waals surface area contributed by atoms with Crippen LogP contribution in [0.4, 0.5) is 36.1 Å². The Morgan fingerprint density at radius 2 is 1.97 bits per heavy atom. The third-order valence-electron chi connectivity index (χ3n) is 4.26. The number of benzene rings is 1. The quantitative estimate of drug-likeness (QED) is 0.561. The molecule has 0 unspecified atom stereocenters. The zero-order valence-corrected chi connectivity index (χ0v) is 16.3. The molecule has 0 atom stereocenters. The standard InChI is InChI=1S/C19H19F3N6O2/c1-10-14(9-28(2)27-10)25-16-7-13(12(8-24-16)19(20,21)22)26-17-11(18(23)29)5-4-6-15(17)30-3/h4-9H,1-3H3,(H2,23,29)(H2,24,25,26). The van der Waals surface area contributed by atoms with Gasteiger partial charge in [0.25, 0.3) is 5.91 Å². The fraction of sp³-hybridized carbons (Fsp3) is 0.211. The minimum atomic E-state index is -4.69. The number of rotatable bonds is 6. The molecule has 158 valence electrons. The van der Waals surface area contributed by atoms with E-state index in [1.807, 2.05) is 0 Å². The lowest BCUT2D eigenvalue weighted by atomic mass is 10.1. The van der Waals surface area contributed by atoms with Crippen LogP contribution in [0.15, 0.2) is 36.7 Å². The molecular formula is C19H19F3N6O2. The molecular weight excluding hydrogens is 401 g/mol. The molecule has 1 aromatic carbocycles. The van der Waals surface area contributed by atoms with Gasteiger partial charge in [0.05, 0.1) is 41.0 Å². The van der Waals surface area contributed by atoms with E-state index < -0.39 is 17.6 Å². The van der Waals surface area contributed by atoms with Gasteiger partial charge in [0.1, 0.15) is 11.6 Å². The summed E-state index contributed by atoms with van der Waals surface area (Å²) in [5, 5.41) is 9.76. The highest BCUT2D eigenvalue weighted by Gasteiger charge is 2.35. The number of hydrogen-bond acceptors (Lipinski definition) is 6. The zero-order valence-electron chi connectivity index (χ0n) is 16.3. The number of nitrogens with two attached hydrogens (primary N) is 1. The highest BCUT2D eigenvalue weighted by molar-refractivity contribution is 6.01. The van der Waals surface area contributed by atoms with Crippen LogP contribution in [0, 0.1) is 6.92 Å². The Labute approximate surface area is 169 Å². The van der Waals surface area contributed by atoms with Crippen molar-refractivity contribution in [2.75, 3.05) is 17.7 Å². The van der Waals surface area contributed by atoms with Gasteiger partial charge in [-0.25, -0.2) is 4.98 Å². The molecule has 0 bridgehead atoms. The SMILES string of the molecule is COc1cccc(C(N)=O)c1Nc1cc(Nc2cn(C)nc2C)ncc1C(F)(F)F. The van der Waals surface area contributed by atoms with E-state index in [0.29, 0.717) is 17.6 Å². The van der Waals surface area contributed by atoms with Gasteiger partial charge in [-0.15, -0.1) is 0 Å². The van der Waals surface area contributed by atoms with Gasteiger partial charge in [0.2, 0.25) is 0 Å². The van der Waals surface area contributed by atoms with Crippen LogP contribution in [0.2, 0.25) is 0 Å². The first kappa shape index (κ1) is 21.0. The summed E-state index contributed by atoms with van der Waals surface area (Å²) in [7, 11) is 3.05. The highest BCUT2D eigenvalue weighted by Crippen LogP contribution is 2.39. The maximum Gasteiger partial charge on any atom is 0.419 e. The number of amides is 1. The summed E-state index contributed by atoms with van der Waals surface area (Å²) >= 11 is 0. The van der Waals surface area contributed by atoms with Crippen LogP contribution in [0.5, 0.6) is 5.75 Å². The van der Waals surface area contributed by atoms with Crippen LogP contribution < -0.4 is 21.1 Å². The molecule has 3 aromatic rings. The fourth-order valence-corrected chi connectivity index (χ4v) is 2.88. The van der Waals surface area contributed by atoms with E-state index in [9.17, 15) is 18.0 Å². The number of alkyl halides is 3. The number of primary amides is 1. The number of carbonyl (C=O) groups excluding carboxylic acids is 1. The monoisotopic (exact) mass is 420 g/mol. The summed E-state index contributed by atoms with van der Waals surface area (Å²) in [6, 6.07) is 5.59. The molecule has 2 aromatic heterocycles. The Morgan fingerprint density at radius 3 is 2.53 bits per heavy atom. The van der Waals surface area contributed by atoms with Crippen LogP contribution in [0.1, 0.15) is 21.6 Å². The lowest BCUT2D eigenvalue weighted by molar-refractivity contribution is -0.137. The van der Waals surface area contributed by atoms with E-state index in [1.54, 1.807) is 24.9 Å². The zero-order chi connectivity index (χ0) is 22.1. The lowest BCUT2D eigenvalue weighted by Crippen LogP contribution is -2.15. The molecule has 30 heavy (non-hydrogen) atoms. The van der Waals surface area contributed by atoms with E-state index in [0.717, 1.165) is 0 Å². The Bertz CT molecular complexity index is 1090. The van der Waals surface area contributed by atoms with E-state index >= 15 is 0 Å². The second-order valence-electron chi connectivity index (χ2n) is 6.41. The van der Waals surface area contributed by atoms with E-state index in [4.69, 9.17) is 10.5 Å². The van der Waals surface area contributed by atoms with Crippen LogP contribution in [-0.4, -0.2) is 27.8 Å². The Hall–Kier alpha value is -3.76. The fourth-order valence-electron chi connectivity index (χ4n) is 2.88. The second kappa shape index (κ2) is 7.93. The average molecular weight is 420 g/mol. The summed E-state index contributed by atoms with van der Waals surface area (Å²) < 4.78 is 47.5. The van der Waals surface area contributed by atoms with E-state index in [1.165, 1.54) is 31.4 Å². The number of aryl methyl sites for hydroxylation is 2. The van der Waals surface area contributed by atoms with Gasteiger partial charge >= 0.3 is 6.18 Å². The van der Waals surface area contributed by atoms with Crippen LogP contribution in [0.25, 0.3) is 0 Å². The Morgan fingerprint density at radius 1 is 1.23 bits per heavy atom. The van der Waals surface area contributed by atoms with Gasteiger partial charge < -0.3 is 21.1 Å². The van der Waals surface area contributed by atoms with Crippen molar-refractivity contribution in [1.82, 2.24) is 14.8 Å². The molecule has 3 rings (SSSR count). The van der Waals surface area contributed by atoms with E-state index in [-0.39, 0.29) is 28.5 Å².